The lowest BCUT2D eigenvalue weighted by molar-refractivity contribution is -0.144. The van der Waals surface area contributed by atoms with E-state index in [1.807, 2.05) is 13.8 Å². The van der Waals surface area contributed by atoms with Crippen molar-refractivity contribution in [3.8, 4) is 0 Å². The molecule has 1 rings (SSSR count). The number of rotatable bonds is 5. The van der Waals surface area contributed by atoms with E-state index in [4.69, 9.17) is 0 Å². The van der Waals surface area contributed by atoms with Gasteiger partial charge in [-0.2, -0.15) is 22.5 Å². The van der Waals surface area contributed by atoms with Crippen LogP contribution in [0, 0.1) is 0 Å². The Labute approximate surface area is 102 Å². The summed E-state index contributed by atoms with van der Waals surface area (Å²) in [7, 11) is 1.70. The summed E-state index contributed by atoms with van der Waals surface area (Å²) < 4.78 is 40.1. The molecule has 0 atom stereocenters. The number of hydrogen-bond donors (Lipinski definition) is 1. The third kappa shape index (κ3) is 4.47. The van der Waals surface area contributed by atoms with Crippen molar-refractivity contribution in [3.05, 3.63) is 5.82 Å². The molecule has 1 heterocycles. The highest BCUT2D eigenvalue weighted by atomic mass is 32.1. The van der Waals surface area contributed by atoms with Gasteiger partial charge < -0.3 is 10.2 Å². The van der Waals surface area contributed by atoms with Crippen LogP contribution >= 0.6 is 11.5 Å². The lowest BCUT2D eigenvalue weighted by Crippen LogP contribution is -2.32. The number of hydrogen-bond acceptors (Lipinski definition) is 5. The van der Waals surface area contributed by atoms with Crippen molar-refractivity contribution in [3.63, 3.8) is 0 Å². The summed E-state index contributed by atoms with van der Waals surface area (Å²) in [6, 6.07) is 0.351. The van der Waals surface area contributed by atoms with Gasteiger partial charge >= 0.3 is 6.18 Å². The summed E-state index contributed by atoms with van der Waals surface area (Å²) in [5.74, 6) is -1.07. The van der Waals surface area contributed by atoms with Crippen molar-refractivity contribution in [1.29, 1.82) is 0 Å². The summed E-state index contributed by atoms with van der Waals surface area (Å²) in [5, 5.41) is 3.46. The highest BCUT2D eigenvalue weighted by molar-refractivity contribution is 7.09. The Kier molecular flexibility index (Phi) is 4.70. The van der Waals surface area contributed by atoms with Crippen LogP contribution in [-0.4, -0.2) is 35.5 Å². The van der Waals surface area contributed by atoms with Crippen molar-refractivity contribution in [1.82, 2.24) is 14.7 Å². The van der Waals surface area contributed by atoms with E-state index in [1.165, 1.54) is 0 Å². The summed E-state index contributed by atoms with van der Waals surface area (Å²) in [4.78, 5) is 5.11. The second-order valence-corrected chi connectivity index (χ2v) is 4.66. The molecular weight excluding hydrogens is 253 g/mol. The van der Waals surface area contributed by atoms with Crippen LogP contribution < -0.4 is 10.2 Å². The molecule has 4 nitrogen and oxygen atoms in total. The molecule has 0 saturated carbocycles. The van der Waals surface area contributed by atoms with Gasteiger partial charge in [0, 0.05) is 37.7 Å². The molecule has 98 valence electrons. The average Bonchev–Trinajstić information content (AvgIpc) is 2.64. The van der Waals surface area contributed by atoms with Gasteiger partial charge in [0.05, 0.1) is 0 Å². The first-order valence-electron chi connectivity index (χ1n) is 5.16. The molecule has 1 aromatic heterocycles. The molecule has 0 aliphatic carbocycles. The van der Waals surface area contributed by atoms with Crippen LogP contribution in [0.25, 0.3) is 0 Å². The molecular formula is C9H15F3N4S. The van der Waals surface area contributed by atoms with E-state index in [9.17, 15) is 13.2 Å². The topological polar surface area (TPSA) is 41.0 Å². The van der Waals surface area contributed by atoms with Gasteiger partial charge in [-0.15, -0.1) is 0 Å². The van der Waals surface area contributed by atoms with Gasteiger partial charge in [-0.25, -0.2) is 0 Å². The molecule has 0 bridgehead atoms. The quantitative estimate of drug-likeness (QED) is 0.886. The molecule has 0 unspecified atom stereocenters. The van der Waals surface area contributed by atoms with Gasteiger partial charge in [0.25, 0.3) is 0 Å². The van der Waals surface area contributed by atoms with E-state index < -0.39 is 12.0 Å². The Balaban J connectivity index is 2.52. The number of halogens is 3. The normalized spacial score (nSPS) is 12.2. The SMILES string of the molecule is CC(C)NCCN(C)c1nc(C(F)(F)F)ns1. The minimum atomic E-state index is -4.47. The monoisotopic (exact) mass is 268 g/mol. The Bertz CT molecular complexity index is 350. The largest absolute Gasteiger partial charge is 0.452 e. The highest BCUT2D eigenvalue weighted by Gasteiger charge is 2.36. The number of aromatic nitrogens is 2. The number of nitrogens with zero attached hydrogens (tertiary/aromatic N) is 3. The standard InChI is InChI=1S/C9H15F3N4S/c1-6(2)13-4-5-16(3)8-14-7(15-17-8)9(10,11)12/h6,13H,4-5H2,1-3H3. The molecule has 0 fully saturated rings. The zero-order valence-corrected chi connectivity index (χ0v) is 10.7. The average molecular weight is 268 g/mol. The van der Waals surface area contributed by atoms with Gasteiger partial charge in [0.15, 0.2) is 0 Å². The van der Waals surface area contributed by atoms with Crippen LogP contribution in [0.15, 0.2) is 0 Å². The second-order valence-electron chi connectivity index (χ2n) is 3.93. The fourth-order valence-electron chi connectivity index (χ4n) is 1.10. The lowest BCUT2D eigenvalue weighted by atomic mass is 10.4. The smallest absolute Gasteiger partial charge is 0.349 e. The predicted molar refractivity (Wildman–Crippen MR) is 61.3 cm³/mol. The second kappa shape index (κ2) is 5.63. The zero-order chi connectivity index (χ0) is 13.1. The molecule has 0 aromatic carbocycles. The maximum Gasteiger partial charge on any atom is 0.452 e. The van der Waals surface area contributed by atoms with Crippen molar-refractivity contribution in [2.75, 3.05) is 25.0 Å². The summed E-state index contributed by atoms with van der Waals surface area (Å²) in [5.41, 5.74) is 0. The fraction of sp³-hybridized carbons (Fsp3) is 0.778. The number of nitrogens with one attached hydrogen (secondary N) is 1. The summed E-state index contributed by atoms with van der Waals surface area (Å²) >= 11 is 0.760. The molecule has 0 radical (unpaired) electrons. The van der Waals surface area contributed by atoms with Crippen LogP contribution in [0.5, 0.6) is 0 Å². The summed E-state index contributed by atoms with van der Waals surface area (Å²) in [6.45, 7) is 5.29. The molecule has 8 heteroatoms. The minimum Gasteiger partial charge on any atom is -0.349 e. The van der Waals surface area contributed by atoms with Crippen molar-refractivity contribution in [2.24, 2.45) is 0 Å². The third-order valence-electron chi connectivity index (χ3n) is 2.00. The van der Waals surface area contributed by atoms with E-state index in [0.717, 1.165) is 11.5 Å². The van der Waals surface area contributed by atoms with Gasteiger partial charge in [-0.3, -0.25) is 0 Å². The molecule has 1 N–H and O–H groups in total. The molecule has 1 aromatic rings. The summed E-state index contributed by atoms with van der Waals surface area (Å²) in [6.07, 6.45) is -4.47. The Morgan fingerprint density at radius 1 is 1.41 bits per heavy atom. The number of anilines is 1. The van der Waals surface area contributed by atoms with Crippen molar-refractivity contribution < 1.29 is 13.2 Å². The van der Waals surface area contributed by atoms with Gasteiger partial charge in [-0.1, -0.05) is 13.8 Å². The van der Waals surface area contributed by atoms with Crippen LogP contribution in [-0.2, 0) is 6.18 Å². The van der Waals surface area contributed by atoms with Crippen LogP contribution in [0.2, 0.25) is 0 Å². The Morgan fingerprint density at radius 3 is 2.53 bits per heavy atom. The van der Waals surface area contributed by atoms with E-state index in [0.29, 0.717) is 19.1 Å². The molecule has 0 amide bonds. The maximum atomic E-state index is 12.3. The molecule has 17 heavy (non-hydrogen) atoms. The zero-order valence-electron chi connectivity index (χ0n) is 9.88. The lowest BCUT2D eigenvalue weighted by Gasteiger charge is -2.16. The molecule has 0 aliphatic heterocycles. The number of alkyl halides is 3. The maximum absolute atomic E-state index is 12.3. The van der Waals surface area contributed by atoms with Gasteiger partial charge in [0.2, 0.25) is 11.0 Å². The van der Waals surface area contributed by atoms with E-state index in [1.54, 1.807) is 11.9 Å². The fourth-order valence-corrected chi connectivity index (χ4v) is 1.77. The van der Waals surface area contributed by atoms with E-state index in [-0.39, 0.29) is 5.13 Å². The van der Waals surface area contributed by atoms with Gasteiger partial charge in [0.1, 0.15) is 0 Å². The van der Waals surface area contributed by atoms with E-state index in [2.05, 4.69) is 14.7 Å². The first-order valence-corrected chi connectivity index (χ1v) is 5.93. The van der Waals surface area contributed by atoms with Crippen molar-refractivity contribution >= 4 is 16.7 Å². The predicted octanol–water partition coefficient (Wildman–Crippen LogP) is 1.99. The van der Waals surface area contributed by atoms with Crippen LogP contribution in [0.1, 0.15) is 19.7 Å². The first kappa shape index (κ1) is 14.2. The minimum absolute atomic E-state index is 0.280. The van der Waals surface area contributed by atoms with Crippen LogP contribution in [0.3, 0.4) is 0 Å². The van der Waals surface area contributed by atoms with E-state index >= 15 is 0 Å². The van der Waals surface area contributed by atoms with Crippen LogP contribution in [0.4, 0.5) is 18.3 Å². The number of likely N-dealkylation sites (N-methyl/N-ethyl adjacent to an activating group) is 1. The molecule has 0 saturated heterocycles. The Morgan fingerprint density at radius 2 is 2.06 bits per heavy atom. The highest BCUT2D eigenvalue weighted by Crippen LogP contribution is 2.29. The van der Waals surface area contributed by atoms with Gasteiger partial charge in [-0.05, 0) is 0 Å². The molecule has 0 spiro atoms. The van der Waals surface area contributed by atoms with Crippen molar-refractivity contribution in [2.45, 2.75) is 26.1 Å². The Hall–Kier alpha value is -0.890. The first-order chi connectivity index (χ1) is 7.80. The molecule has 0 aliphatic rings. The third-order valence-corrected chi connectivity index (χ3v) is 2.83.